The normalized spacial score (nSPS) is 20.2. The molecule has 1 atom stereocenters. The van der Waals surface area contributed by atoms with Crippen molar-refractivity contribution in [2.75, 3.05) is 5.73 Å². The molecule has 0 fully saturated rings. The lowest BCUT2D eigenvalue weighted by Crippen LogP contribution is -2.35. The highest BCUT2D eigenvalue weighted by Crippen LogP contribution is 2.22. The molecule has 18 heavy (non-hydrogen) atoms. The fraction of sp³-hybridized carbons (Fsp3) is 0.545. The Hall–Kier alpha value is -1.34. The summed E-state index contributed by atoms with van der Waals surface area (Å²) < 4.78 is 28.7. The topological polar surface area (TPSA) is 90.0 Å². The molecular formula is C11H18N4O2S. The molecule has 0 radical (unpaired) electrons. The van der Waals surface area contributed by atoms with E-state index in [9.17, 15) is 8.42 Å². The van der Waals surface area contributed by atoms with Gasteiger partial charge in [0.25, 0.3) is 0 Å². The van der Waals surface area contributed by atoms with Crippen molar-refractivity contribution in [3.63, 3.8) is 0 Å². The molecule has 100 valence electrons. The van der Waals surface area contributed by atoms with Crippen LogP contribution in [-0.2, 0) is 17.1 Å². The smallest absolute Gasteiger partial charge is 0.246 e. The number of nitrogen functional groups attached to an aromatic ring is 1. The van der Waals surface area contributed by atoms with Crippen LogP contribution in [0.25, 0.3) is 0 Å². The molecule has 0 amide bonds. The van der Waals surface area contributed by atoms with Gasteiger partial charge in [-0.05, 0) is 26.2 Å². The molecule has 1 aromatic rings. The molecule has 6 nitrogen and oxygen atoms in total. The van der Waals surface area contributed by atoms with E-state index in [2.05, 4.69) is 15.9 Å². The average Bonchev–Trinajstić information content (AvgIpc) is 2.54. The van der Waals surface area contributed by atoms with Crippen molar-refractivity contribution in [1.29, 1.82) is 0 Å². The van der Waals surface area contributed by atoms with Crippen LogP contribution >= 0.6 is 0 Å². The third kappa shape index (κ3) is 2.41. The fourth-order valence-electron chi connectivity index (χ4n) is 2.13. The number of rotatable bonds is 3. The van der Waals surface area contributed by atoms with Crippen LogP contribution < -0.4 is 10.5 Å². The predicted octanol–water partition coefficient (Wildman–Crippen LogP) is 0.698. The van der Waals surface area contributed by atoms with Gasteiger partial charge in [-0.2, -0.15) is 5.10 Å². The summed E-state index contributed by atoms with van der Waals surface area (Å²) in [7, 11) is -1.92. The highest BCUT2D eigenvalue weighted by molar-refractivity contribution is 7.89. The van der Waals surface area contributed by atoms with Gasteiger partial charge in [-0.15, -0.1) is 0 Å². The zero-order chi connectivity index (χ0) is 13.3. The second kappa shape index (κ2) is 4.74. The van der Waals surface area contributed by atoms with E-state index in [1.807, 2.05) is 6.08 Å². The minimum absolute atomic E-state index is 0.0499. The fourth-order valence-corrected chi connectivity index (χ4v) is 3.73. The first-order chi connectivity index (χ1) is 8.42. The summed E-state index contributed by atoms with van der Waals surface area (Å²) in [6.45, 7) is 1.69. The molecule has 1 heterocycles. The van der Waals surface area contributed by atoms with Crippen LogP contribution in [0.2, 0.25) is 0 Å². The number of aromatic nitrogens is 2. The van der Waals surface area contributed by atoms with E-state index in [0.29, 0.717) is 5.69 Å². The van der Waals surface area contributed by atoms with E-state index < -0.39 is 10.0 Å². The van der Waals surface area contributed by atoms with Gasteiger partial charge in [0, 0.05) is 13.1 Å². The maximum atomic E-state index is 12.3. The first kappa shape index (κ1) is 13.1. The molecule has 0 bridgehead atoms. The van der Waals surface area contributed by atoms with E-state index in [1.54, 1.807) is 14.0 Å². The maximum Gasteiger partial charge on any atom is 0.246 e. The Balaban J connectivity index is 2.28. The quantitative estimate of drug-likeness (QED) is 0.791. The summed E-state index contributed by atoms with van der Waals surface area (Å²) in [6, 6.07) is -0.0565. The number of hydrogen-bond acceptors (Lipinski definition) is 4. The average molecular weight is 270 g/mol. The monoisotopic (exact) mass is 270 g/mol. The molecule has 0 saturated heterocycles. The van der Waals surface area contributed by atoms with Gasteiger partial charge < -0.3 is 5.73 Å². The molecule has 1 aromatic heterocycles. The number of sulfonamides is 1. The molecule has 1 aliphatic carbocycles. The summed E-state index contributed by atoms with van der Waals surface area (Å²) >= 11 is 0. The van der Waals surface area contributed by atoms with Crippen LogP contribution in [0.3, 0.4) is 0 Å². The van der Waals surface area contributed by atoms with E-state index in [4.69, 9.17) is 5.73 Å². The Bertz CT molecular complexity index is 574. The largest absolute Gasteiger partial charge is 0.381 e. The maximum absolute atomic E-state index is 12.3. The van der Waals surface area contributed by atoms with Gasteiger partial charge in [0.1, 0.15) is 4.90 Å². The lowest BCUT2D eigenvalue weighted by atomic mass is 10.0. The summed E-state index contributed by atoms with van der Waals surface area (Å²) in [4.78, 5) is 0.0968. The van der Waals surface area contributed by atoms with Crippen LogP contribution in [0, 0.1) is 6.92 Å². The molecule has 0 saturated carbocycles. The number of aryl methyl sites for hydroxylation is 1. The van der Waals surface area contributed by atoms with Crippen molar-refractivity contribution in [2.45, 2.75) is 37.1 Å². The van der Waals surface area contributed by atoms with Gasteiger partial charge in [-0.1, -0.05) is 12.2 Å². The van der Waals surface area contributed by atoms with Gasteiger partial charge in [-0.3, -0.25) is 4.68 Å². The summed E-state index contributed by atoms with van der Waals surface area (Å²) in [5, 5.41) is 3.93. The highest BCUT2D eigenvalue weighted by atomic mass is 32.2. The predicted molar refractivity (Wildman–Crippen MR) is 69.5 cm³/mol. The van der Waals surface area contributed by atoms with Crippen molar-refractivity contribution in [3.05, 3.63) is 17.8 Å². The van der Waals surface area contributed by atoms with Gasteiger partial charge in [-0.25, -0.2) is 13.1 Å². The minimum atomic E-state index is -3.59. The molecule has 3 N–H and O–H groups in total. The van der Waals surface area contributed by atoms with Gasteiger partial charge in [0.15, 0.2) is 5.82 Å². The lowest BCUT2D eigenvalue weighted by Gasteiger charge is -2.19. The van der Waals surface area contributed by atoms with Crippen LogP contribution in [-0.4, -0.2) is 24.2 Å². The number of nitrogens with one attached hydrogen (secondary N) is 1. The Morgan fingerprint density at radius 1 is 1.50 bits per heavy atom. The lowest BCUT2D eigenvalue weighted by molar-refractivity contribution is 0.522. The molecular weight excluding hydrogens is 252 g/mol. The van der Waals surface area contributed by atoms with Crippen LogP contribution in [0.5, 0.6) is 0 Å². The van der Waals surface area contributed by atoms with Gasteiger partial charge >= 0.3 is 0 Å². The van der Waals surface area contributed by atoms with E-state index >= 15 is 0 Å². The second-order valence-electron chi connectivity index (χ2n) is 4.53. The van der Waals surface area contributed by atoms with Crippen molar-refractivity contribution >= 4 is 15.8 Å². The van der Waals surface area contributed by atoms with Crippen LogP contribution in [0.4, 0.5) is 5.82 Å². The highest BCUT2D eigenvalue weighted by Gasteiger charge is 2.27. The zero-order valence-electron chi connectivity index (χ0n) is 10.5. The van der Waals surface area contributed by atoms with Crippen molar-refractivity contribution < 1.29 is 8.42 Å². The first-order valence-corrected chi connectivity index (χ1v) is 7.36. The van der Waals surface area contributed by atoms with Crippen molar-refractivity contribution in [1.82, 2.24) is 14.5 Å². The molecule has 0 aromatic carbocycles. The molecule has 7 heteroatoms. The molecule has 0 spiro atoms. The zero-order valence-corrected chi connectivity index (χ0v) is 11.4. The number of anilines is 1. The molecule has 1 unspecified atom stereocenters. The summed E-state index contributed by atoms with van der Waals surface area (Å²) in [6.07, 6.45) is 6.49. The van der Waals surface area contributed by atoms with Gasteiger partial charge in [0.2, 0.25) is 10.0 Å². The first-order valence-electron chi connectivity index (χ1n) is 5.88. The Labute approximate surface area is 107 Å². The SMILES string of the molecule is Cc1c(S(=O)(=O)NC2CC=CCC2)c(N)nn1C. The van der Waals surface area contributed by atoms with E-state index in [0.717, 1.165) is 19.3 Å². The third-order valence-corrected chi connectivity index (χ3v) is 4.85. The second-order valence-corrected chi connectivity index (χ2v) is 6.18. The summed E-state index contributed by atoms with van der Waals surface area (Å²) in [5.74, 6) is 0.0499. The molecule has 1 aliphatic rings. The van der Waals surface area contributed by atoms with Crippen molar-refractivity contribution in [3.8, 4) is 0 Å². The number of nitrogens with zero attached hydrogens (tertiary/aromatic N) is 2. The molecule has 2 rings (SSSR count). The van der Waals surface area contributed by atoms with Crippen LogP contribution in [0.15, 0.2) is 17.0 Å². The van der Waals surface area contributed by atoms with Gasteiger partial charge in [0.05, 0.1) is 5.69 Å². The molecule has 0 aliphatic heterocycles. The Kier molecular flexibility index (Phi) is 3.45. The summed E-state index contributed by atoms with van der Waals surface area (Å²) in [5.41, 5.74) is 6.22. The number of allylic oxidation sites excluding steroid dienone is 1. The standard InChI is InChI=1S/C11H18N4O2S/c1-8-10(11(12)13-15(8)2)18(16,17)14-9-6-4-3-5-7-9/h3-4,9,14H,5-7H2,1-2H3,(H2,12,13). The number of nitrogens with two attached hydrogens (primary N) is 1. The van der Waals surface area contributed by atoms with E-state index in [-0.39, 0.29) is 16.8 Å². The third-order valence-electron chi connectivity index (χ3n) is 3.16. The van der Waals surface area contributed by atoms with Crippen molar-refractivity contribution in [2.24, 2.45) is 7.05 Å². The number of hydrogen-bond donors (Lipinski definition) is 2. The van der Waals surface area contributed by atoms with E-state index in [1.165, 1.54) is 4.68 Å². The minimum Gasteiger partial charge on any atom is -0.381 e. The Morgan fingerprint density at radius 3 is 2.72 bits per heavy atom. The Morgan fingerprint density at radius 2 is 2.22 bits per heavy atom. The van der Waals surface area contributed by atoms with Crippen LogP contribution in [0.1, 0.15) is 25.0 Å².